The minimum absolute atomic E-state index is 0. The molecule has 3 nitrogen and oxygen atoms in total. The molecule has 31 heavy (non-hydrogen) atoms. The molecule has 0 amide bonds. The minimum atomic E-state index is 0. The third-order valence-corrected chi connectivity index (χ3v) is 4.53. The van der Waals surface area contributed by atoms with E-state index in [-0.39, 0.29) is 34.1 Å². The van der Waals surface area contributed by atoms with Gasteiger partial charge in [0.15, 0.2) is 10.4 Å². The molecule has 0 heterocycles. The molecule has 0 aromatic rings. The third-order valence-electron chi connectivity index (χ3n) is 3.89. The Bertz CT molecular complexity index is 482. The van der Waals surface area contributed by atoms with Crippen molar-refractivity contribution in [3.8, 4) is 0 Å². The van der Waals surface area contributed by atoms with E-state index in [1.165, 1.54) is 11.8 Å². The van der Waals surface area contributed by atoms with Crippen LogP contribution >= 0.6 is 11.8 Å². The minimum Gasteiger partial charge on any atom is -0.317 e. The first-order valence-corrected chi connectivity index (χ1v) is 10.2. The molecule has 0 spiro atoms. The molecule has 0 atom stereocenters. The Morgan fingerprint density at radius 3 is 1.39 bits per heavy atom. The molecular weight excluding hydrogens is 490 g/mol. The van der Waals surface area contributed by atoms with E-state index in [0.717, 1.165) is 23.0 Å². The zero-order valence-electron chi connectivity index (χ0n) is 17.0. The van der Waals surface area contributed by atoms with Gasteiger partial charge < -0.3 is 4.84 Å². The molecule has 0 aromatic carbocycles. The van der Waals surface area contributed by atoms with Crippen LogP contribution in [-0.4, -0.2) is 6.26 Å². The van der Waals surface area contributed by atoms with Gasteiger partial charge >= 0.3 is 34.1 Å². The van der Waals surface area contributed by atoms with Crippen LogP contribution in [0.5, 0.6) is 0 Å². The summed E-state index contributed by atoms with van der Waals surface area (Å²) in [6.07, 6.45) is 37.4. The van der Waals surface area contributed by atoms with Gasteiger partial charge in [0.05, 0.1) is 0 Å². The number of thioether (sulfide) groups is 1. The van der Waals surface area contributed by atoms with Crippen LogP contribution in [0.3, 0.4) is 0 Å². The molecule has 0 unspecified atom stereocenters. The zero-order chi connectivity index (χ0) is 20.7. The van der Waals surface area contributed by atoms with Gasteiger partial charge in [0.2, 0.25) is 0 Å². The average molecular weight is 513 g/mol. The van der Waals surface area contributed by atoms with Crippen molar-refractivity contribution in [2.45, 2.75) is 0 Å². The van der Waals surface area contributed by atoms with Gasteiger partial charge in [-0.1, -0.05) is 18.3 Å². The summed E-state index contributed by atoms with van der Waals surface area (Å²) in [5.41, 5.74) is 1.60. The molecule has 6 heteroatoms. The van der Waals surface area contributed by atoms with Crippen molar-refractivity contribution in [3.05, 3.63) is 155 Å². The van der Waals surface area contributed by atoms with Crippen molar-refractivity contribution in [1.29, 1.82) is 0 Å². The molecule has 0 aromatic heterocycles. The number of hydrogen-bond donors (Lipinski definition) is 0. The van der Waals surface area contributed by atoms with E-state index in [1.807, 2.05) is 122 Å². The van der Waals surface area contributed by atoms with Crippen molar-refractivity contribution in [2.75, 3.05) is 6.26 Å². The van der Waals surface area contributed by atoms with Gasteiger partial charge in [0, 0.05) is 17.4 Å². The average Bonchev–Trinajstić information content (AvgIpc) is 3.58. The smallest absolute Gasteiger partial charge is 0.317 e. The fourth-order valence-corrected chi connectivity index (χ4v) is 3.09. The van der Waals surface area contributed by atoms with Gasteiger partial charge in [-0.3, -0.25) is 0 Å². The first-order valence-electron chi connectivity index (χ1n) is 9.02. The summed E-state index contributed by atoms with van der Waals surface area (Å²) in [5, 5.41) is 2.98. The second kappa shape index (κ2) is 19.7. The molecule has 0 aliphatic heterocycles. The second-order valence-electron chi connectivity index (χ2n) is 5.78. The molecular formula is C25H23Fe2NO2S+4. The van der Waals surface area contributed by atoms with Crippen molar-refractivity contribution in [2.24, 2.45) is 5.34 Å². The number of rotatable bonds is 6. The Kier molecular flexibility index (Phi) is 19.9. The summed E-state index contributed by atoms with van der Waals surface area (Å²) in [7, 11) is 0. The molecule has 158 valence electrons. The molecule has 4 saturated carbocycles. The van der Waals surface area contributed by atoms with Crippen molar-refractivity contribution in [1.82, 2.24) is 0 Å². The van der Waals surface area contributed by atoms with Crippen LogP contribution in [0, 0.1) is 132 Å². The van der Waals surface area contributed by atoms with Crippen LogP contribution in [0.25, 0.3) is 0 Å². The SMILES string of the molecule is C=C([C]1[CH][CH][CH][CH]1)/C([C]1[CH][CH][CH][CH]1)=C(\ON=O)SC.[CH]1[CH][CH][CH][CH]1.[CH]1[CH][CH][CH][CH]1.[Fe+2].[Fe+2]. The van der Waals surface area contributed by atoms with Crippen molar-refractivity contribution in [3.63, 3.8) is 0 Å². The maximum Gasteiger partial charge on any atom is 2.00 e. The quantitative estimate of drug-likeness (QED) is 0.151. The van der Waals surface area contributed by atoms with Crippen LogP contribution in [-0.2, 0) is 39.0 Å². The van der Waals surface area contributed by atoms with E-state index in [4.69, 9.17) is 4.84 Å². The second-order valence-corrected chi connectivity index (χ2v) is 6.56. The predicted octanol–water partition coefficient (Wildman–Crippen LogP) is 5.66. The monoisotopic (exact) mass is 513 g/mol. The van der Waals surface area contributed by atoms with Gasteiger partial charge in [-0.15, -0.1) is 4.91 Å². The molecule has 0 N–H and O–H groups in total. The van der Waals surface area contributed by atoms with E-state index in [2.05, 4.69) is 11.9 Å². The van der Waals surface area contributed by atoms with Crippen LogP contribution in [0.1, 0.15) is 0 Å². The van der Waals surface area contributed by atoms with E-state index in [0.29, 0.717) is 5.09 Å². The number of allylic oxidation sites excluding steroid dienone is 2. The maximum atomic E-state index is 10.4. The van der Waals surface area contributed by atoms with Crippen LogP contribution < -0.4 is 0 Å². The fourth-order valence-electron chi connectivity index (χ4n) is 2.54. The maximum absolute atomic E-state index is 10.4. The Hall–Kier alpha value is 0.269. The van der Waals surface area contributed by atoms with E-state index >= 15 is 0 Å². The zero-order valence-corrected chi connectivity index (χ0v) is 20.0. The van der Waals surface area contributed by atoms with Gasteiger partial charge in [-0.25, -0.2) is 0 Å². The molecule has 20 radical (unpaired) electrons. The fraction of sp³-hybridized carbons (Fsp3) is 0.0400. The van der Waals surface area contributed by atoms with Crippen LogP contribution in [0.2, 0.25) is 0 Å². The van der Waals surface area contributed by atoms with E-state index in [1.54, 1.807) is 0 Å². The Morgan fingerprint density at radius 2 is 1.06 bits per heavy atom. The normalized spacial score (nSPS) is 21.5. The molecule has 4 aliphatic rings. The van der Waals surface area contributed by atoms with Crippen LogP contribution in [0.15, 0.2) is 28.2 Å². The number of hydrogen-bond acceptors (Lipinski definition) is 4. The first-order chi connectivity index (χ1) is 14.3. The molecule has 0 bridgehead atoms. The summed E-state index contributed by atoms with van der Waals surface area (Å²) < 4.78 is 0. The molecule has 0 saturated heterocycles. The van der Waals surface area contributed by atoms with Gasteiger partial charge in [-0.05, 0) is 127 Å². The topological polar surface area (TPSA) is 38.7 Å². The summed E-state index contributed by atoms with van der Waals surface area (Å²) in [5.74, 6) is 1.96. The van der Waals surface area contributed by atoms with Crippen LogP contribution in [0.4, 0.5) is 0 Å². The molecule has 4 aliphatic carbocycles. The Morgan fingerprint density at radius 1 is 0.710 bits per heavy atom. The summed E-state index contributed by atoms with van der Waals surface area (Å²) >= 11 is 1.33. The summed E-state index contributed by atoms with van der Waals surface area (Å²) in [6, 6.07) is 0. The number of nitrogens with zero attached hydrogens (tertiary/aromatic N) is 1. The summed E-state index contributed by atoms with van der Waals surface area (Å²) in [6.45, 7) is 4.11. The Balaban J connectivity index is 0.000000615. The molecule has 4 fully saturated rings. The summed E-state index contributed by atoms with van der Waals surface area (Å²) in [4.78, 5) is 15.3. The van der Waals surface area contributed by atoms with Gasteiger partial charge in [0.25, 0.3) is 0 Å². The standard InChI is InChI=1S/C15H13NO2S.2C5H5.2Fe/c1-11(12-7-3-4-8-12)14(13-9-5-6-10-13)15(19-2)18-16-17;2*1-2-4-5-3-1;;/h3-10H,1H2,2H3;2*1-5H;;/q;;;2*+2/b15-14-;;;;. The largest absolute Gasteiger partial charge is 2.00 e. The van der Waals surface area contributed by atoms with E-state index < -0.39 is 0 Å². The third kappa shape index (κ3) is 11.8. The van der Waals surface area contributed by atoms with Crippen molar-refractivity contribution < 1.29 is 39.0 Å². The van der Waals surface area contributed by atoms with E-state index in [9.17, 15) is 4.91 Å². The predicted molar refractivity (Wildman–Crippen MR) is 120 cm³/mol. The molecule has 4 rings (SSSR count). The van der Waals surface area contributed by atoms with Crippen molar-refractivity contribution >= 4 is 11.8 Å². The first kappa shape index (κ1) is 31.3. The Labute approximate surface area is 216 Å². The van der Waals surface area contributed by atoms with Gasteiger partial charge in [-0.2, -0.15) is 0 Å². The van der Waals surface area contributed by atoms with Gasteiger partial charge in [0.1, 0.15) is 0 Å².